The number of hydrogen-bond donors (Lipinski definition) is 0. The van der Waals surface area contributed by atoms with Crippen molar-refractivity contribution in [1.82, 2.24) is 4.98 Å². The summed E-state index contributed by atoms with van der Waals surface area (Å²) in [6.07, 6.45) is 2.42. The van der Waals surface area contributed by atoms with E-state index in [0.717, 1.165) is 0 Å². The van der Waals surface area contributed by atoms with Crippen molar-refractivity contribution in [2.45, 2.75) is 6.92 Å². The lowest BCUT2D eigenvalue weighted by atomic mass is 10.0. The number of ether oxygens (including phenoxy) is 1. The molecule has 21 heavy (non-hydrogen) atoms. The summed E-state index contributed by atoms with van der Waals surface area (Å²) in [5.41, 5.74) is -2.39. The Kier molecular flexibility index (Phi) is 4.21. The van der Waals surface area contributed by atoms with Gasteiger partial charge in [-0.2, -0.15) is 0 Å². The highest BCUT2D eigenvalue weighted by Crippen LogP contribution is 2.32. The van der Waals surface area contributed by atoms with Crippen LogP contribution < -0.4 is 0 Å². The molecular formula is C14H9F4NO2. The first-order valence-electron chi connectivity index (χ1n) is 5.92. The minimum absolute atomic E-state index is 0.104. The predicted octanol–water partition coefficient (Wildman–Crippen LogP) is 3.48. The van der Waals surface area contributed by atoms with Gasteiger partial charge < -0.3 is 4.74 Å². The zero-order valence-electron chi connectivity index (χ0n) is 10.8. The maximum atomic E-state index is 14.0. The first kappa shape index (κ1) is 15.0. The smallest absolute Gasteiger partial charge is 0.344 e. The van der Waals surface area contributed by atoms with Crippen LogP contribution in [-0.4, -0.2) is 17.6 Å². The number of pyridine rings is 1. The van der Waals surface area contributed by atoms with Crippen molar-refractivity contribution in [3.05, 3.63) is 53.4 Å². The Morgan fingerprint density at radius 3 is 2.05 bits per heavy atom. The molecule has 0 N–H and O–H groups in total. The molecule has 2 aromatic rings. The fourth-order valence-corrected chi connectivity index (χ4v) is 1.79. The van der Waals surface area contributed by atoms with Crippen molar-refractivity contribution in [2.24, 2.45) is 0 Å². The molecular weight excluding hydrogens is 290 g/mol. The molecule has 1 heterocycles. The highest BCUT2D eigenvalue weighted by atomic mass is 19.2. The summed E-state index contributed by atoms with van der Waals surface area (Å²) in [4.78, 5) is 15.0. The molecule has 0 aliphatic heterocycles. The van der Waals surface area contributed by atoms with Crippen LogP contribution in [0.5, 0.6) is 0 Å². The molecule has 0 bridgehead atoms. The van der Waals surface area contributed by atoms with Gasteiger partial charge in [0.15, 0.2) is 23.3 Å². The molecule has 2 rings (SSSR count). The molecule has 0 saturated heterocycles. The molecule has 0 aliphatic rings. The van der Waals surface area contributed by atoms with E-state index >= 15 is 0 Å². The molecule has 0 unspecified atom stereocenters. The lowest BCUT2D eigenvalue weighted by Crippen LogP contribution is -2.14. The molecule has 0 aliphatic carbocycles. The molecule has 0 atom stereocenters. The van der Waals surface area contributed by atoms with Gasteiger partial charge in [-0.3, -0.25) is 4.98 Å². The largest absolute Gasteiger partial charge is 0.462 e. The van der Waals surface area contributed by atoms with Crippen LogP contribution in [0.25, 0.3) is 11.1 Å². The van der Waals surface area contributed by atoms with Crippen LogP contribution >= 0.6 is 0 Å². The third-order valence-electron chi connectivity index (χ3n) is 2.71. The SMILES string of the molecule is CCOC(=O)c1c(F)c(F)c(-c2ccncc2)c(F)c1F. The second-order valence-corrected chi connectivity index (χ2v) is 3.96. The van der Waals surface area contributed by atoms with E-state index in [1.165, 1.54) is 31.5 Å². The molecule has 0 amide bonds. The predicted molar refractivity (Wildman–Crippen MR) is 65.5 cm³/mol. The van der Waals surface area contributed by atoms with E-state index in [9.17, 15) is 22.4 Å². The molecule has 110 valence electrons. The van der Waals surface area contributed by atoms with Gasteiger partial charge in [-0.1, -0.05) is 0 Å². The Morgan fingerprint density at radius 1 is 1.05 bits per heavy atom. The third-order valence-corrected chi connectivity index (χ3v) is 2.71. The molecule has 3 nitrogen and oxygen atoms in total. The van der Waals surface area contributed by atoms with Crippen molar-refractivity contribution >= 4 is 5.97 Å². The van der Waals surface area contributed by atoms with Crippen molar-refractivity contribution in [2.75, 3.05) is 6.61 Å². The van der Waals surface area contributed by atoms with Gasteiger partial charge in [-0.05, 0) is 24.6 Å². The first-order chi connectivity index (χ1) is 9.99. The number of carbonyl (C=O) groups excluding carboxylic acids is 1. The Bertz CT molecular complexity index is 660. The highest BCUT2D eigenvalue weighted by molar-refractivity contribution is 5.91. The lowest BCUT2D eigenvalue weighted by Gasteiger charge is -2.11. The maximum absolute atomic E-state index is 14.0. The Morgan fingerprint density at radius 2 is 1.57 bits per heavy atom. The van der Waals surface area contributed by atoms with E-state index in [1.807, 2.05) is 0 Å². The van der Waals surface area contributed by atoms with Crippen LogP contribution in [0.2, 0.25) is 0 Å². The summed E-state index contributed by atoms with van der Waals surface area (Å²) in [5.74, 6) is -8.38. The number of esters is 1. The lowest BCUT2D eigenvalue weighted by molar-refractivity contribution is 0.0512. The Labute approximate surface area is 117 Å². The summed E-state index contributed by atoms with van der Waals surface area (Å²) >= 11 is 0. The van der Waals surface area contributed by atoms with Gasteiger partial charge in [0, 0.05) is 12.4 Å². The van der Waals surface area contributed by atoms with E-state index < -0.39 is 40.4 Å². The van der Waals surface area contributed by atoms with Crippen LogP contribution in [0, 0.1) is 23.3 Å². The Balaban J connectivity index is 2.70. The summed E-state index contributed by atoms with van der Waals surface area (Å²) in [6, 6.07) is 2.37. The number of benzene rings is 1. The van der Waals surface area contributed by atoms with Crippen molar-refractivity contribution in [3.8, 4) is 11.1 Å². The summed E-state index contributed by atoms with van der Waals surface area (Å²) < 4.78 is 60.1. The molecule has 0 saturated carbocycles. The van der Waals surface area contributed by atoms with Gasteiger partial charge in [0.05, 0.1) is 12.2 Å². The maximum Gasteiger partial charge on any atom is 0.344 e. The minimum Gasteiger partial charge on any atom is -0.462 e. The van der Waals surface area contributed by atoms with Gasteiger partial charge in [0.25, 0.3) is 0 Å². The number of carbonyl (C=O) groups is 1. The molecule has 0 spiro atoms. The van der Waals surface area contributed by atoms with Gasteiger partial charge in [-0.25, -0.2) is 22.4 Å². The molecule has 0 fully saturated rings. The van der Waals surface area contributed by atoms with Crippen LogP contribution in [0.4, 0.5) is 17.6 Å². The fraction of sp³-hybridized carbons (Fsp3) is 0.143. The van der Waals surface area contributed by atoms with Crippen molar-refractivity contribution in [1.29, 1.82) is 0 Å². The van der Waals surface area contributed by atoms with Gasteiger partial charge in [0.2, 0.25) is 0 Å². The molecule has 7 heteroatoms. The second kappa shape index (κ2) is 5.90. The normalized spacial score (nSPS) is 10.5. The van der Waals surface area contributed by atoms with E-state index in [2.05, 4.69) is 9.72 Å². The molecule has 1 aromatic heterocycles. The number of nitrogens with zero attached hydrogens (tertiary/aromatic N) is 1. The second-order valence-electron chi connectivity index (χ2n) is 3.96. The number of halogens is 4. The number of aromatic nitrogens is 1. The summed E-state index contributed by atoms with van der Waals surface area (Å²) in [5, 5.41) is 0. The van der Waals surface area contributed by atoms with Gasteiger partial charge in [0.1, 0.15) is 5.56 Å². The average molecular weight is 299 g/mol. The van der Waals surface area contributed by atoms with E-state index in [0.29, 0.717) is 0 Å². The highest BCUT2D eigenvalue weighted by Gasteiger charge is 2.30. The van der Waals surface area contributed by atoms with E-state index in [-0.39, 0.29) is 12.2 Å². The zero-order valence-corrected chi connectivity index (χ0v) is 10.8. The van der Waals surface area contributed by atoms with E-state index in [4.69, 9.17) is 0 Å². The Hall–Kier alpha value is -2.44. The zero-order chi connectivity index (χ0) is 15.6. The van der Waals surface area contributed by atoms with Crippen LogP contribution in [0.3, 0.4) is 0 Å². The number of hydrogen-bond acceptors (Lipinski definition) is 3. The fourth-order valence-electron chi connectivity index (χ4n) is 1.79. The molecule has 1 aromatic carbocycles. The summed E-state index contributed by atoms with van der Waals surface area (Å²) in [7, 11) is 0. The van der Waals surface area contributed by atoms with Crippen LogP contribution in [0.15, 0.2) is 24.5 Å². The van der Waals surface area contributed by atoms with Crippen molar-refractivity contribution < 1.29 is 27.1 Å². The standard InChI is InChI=1S/C14H9F4NO2/c1-2-21-14(20)9-12(17)10(15)8(11(16)13(9)18)7-3-5-19-6-4-7/h3-6H,2H2,1H3. The van der Waals surface area contributed by atoms with E-state index in [1.54, 1.807) is 0 Å². The van der Waals surface area contributed by atoms with Crippen molar-refractivity contribution in [3.63, 3.8) is 0 Å². The van der Waals surface area contributed by atoms with Crippen LogP contribution in [0.1, 0.15) is 17.3 Å². The van der Waals surface area contributed by atoms with Gasteiger partial charge >= 0.3 is 5.97 Å². The quantitative estimate of drug-likeness (QED) is 0.495. The monoisotopic (exact) mass is 299 g/mol. The van der Waals surface area contributed by atoms with Gasteiger partial charge in [-0.15, -0.1) is 0 Å². The summed E-state index contributed by atoms with van der Waals surface area (Å²) in [6.45, 7) is 1.21. The first-order valence-corrected chi connectivity index (χ1v) is 5.92. The molecule has 0 radical (unpaired) electrons. The average Bonchev–Trinajstić information content (AvgIpc) is 2.47. The third kappa shape index (κ3) is 2.58. The topological polar surface area (TPSA) is 39.2 Å². The van der Waals surface area contributed by atoms with Crippen LogP contribution in [-0.2, 0) is 4.74 Å². The minimum atomic E-state index is -1.79. The number of rotatable bonds is 3.